The largest absolute Gasteiger partial charge is 0.349 e. The van der Waals surface area contributed by atoms with Gasteiger partial charge in [-0.15, -0.1) is 0 Å². The van der Waals surface area contributed by atoms with Crippen molar-refractivity contribution in [1.82, 2.24) is 10.3 Å². The van der Waals surface area contributed by atoms with Gasteiger partial charge in [0, 0.05) is 30.7 Å². The van der Waals surface area contributed by atoms with Crippen molar-refractivity contribution in [1.29, 1.82) is 0 Å². The molecule has 1 heterocycles. The van der Waals surface area contributed by atoms with Gasteiger partial charge in [0.05, 0.1) is 6.04 Å². The number of nitrogens with zero attached hydrogens (tertiary/aromatic N) is 1. The molecule has 0 saturated heterocycles. The number of amides is 1. The molecule has 3 unspecified atom stereocenters. The van der Waals surface area contributed by atoms with E-state index in [4.69, 9.17) is 0 Å². The standard InChI is InChI=1S/C16H22N2O2/c1-3-14(12-6-8-17-9-7-12)18-16(20)13-4-5-15(19)11(2)10-13/h6-9,11,13-14H,3-5,10H2,1-2H3,(H,18,20). The predicted molar refractivity (Wildman–Crippen MR) is 76.9 cm³/mol. The van der Waals surface area contributed by atoms with E-state index < -0.39 is 0 Å². The summed E-state index contributed by atoms with van der Waals surface area (Å²) in [7, 11) is 0. The van der Waals surface area contributed by atoms with Crippen LogP contribution < -0.4 is 5.32 Å². The van der Waals surface area contributed by atoms with Crippen LogP contribution in [0.3, 0.4) is 0 Å². The van der Waals surface area contributed by atoms with Crippen LogP contribution in [0.25, 0.3) is 0 Å². The SMILES string of the molecule is CCC(NC(=O)C1CCC(=O)C(C)C1)c1ccncc1. The summed E-state index contributed by atoms with van der Waals surface area (Å²) in [6, 6.07) is 3.89. The zero-order chi connectivity index (χ0) is 14.5. The summed E-state index contributed by atoms with van der Waals surface area (Å²) >= 11 is 0. The van der Waals surface area contributed by atoms with Crippen molar-refractivity contribution in [3.8, 4) is 0 Å². The molecule has 1 amide bonds. The molecule has 4 nitrogen and oxygen atoms in total. The Hall–Kier alpha value is -1.71. The van der Waals surface area contributed by atoms with E-state index in [9.17, 15) is 9.59 Å². The number of rotatable bonds is 4. The Morgan fingerprint density at radius 2 is 2.15 bits per heavy atom. The van der Waals surface area contributed by atoms with Gasteiger partial charge in [-0.3, -0.25) is 14.6 Å². The Morgan fingerprint density at radius 1 is 1.45 bits per heavy atom. The molecular weight excluding hydrogens is 252 g/mol. The minimum absolute atomic E-state index is 0.0144. The van der Waals surface area contributed by atoms with Gasteiger partial charge in [0.15, 0.2) is 0 Å². The molecule has 1 N–H and O–H groups in total. The number of pyridine rings is 1. The second-order valence-electron chi connectivity index (χ2n) is 5.59. The second kappa shape index (κ2) is 6.64. The highest BCUT2D eigenvalue weighted by atomic mass is 16.2. The van der Waals surface area contributed by atoms with Crippen molar-refractivity contribution >= 4 is 11.7 Å². The zero-order valence-electron chi connectivity index (χ0n) is 12.1. The van der Waals surface area contributed by atoms with E-state index in [1.165, 1.54) is 0 Å². The van der Waals surface area contributed by atoms with E-state index in [1.807, 2.05) is 19.1 Å². The van der Waals surface area contributed by atoms with Crippen molar-refractivity contribution in [2.45, 2.75) is 45.6 Å². The highest BCUT2D eigenvalue weighted by Crippen LogP contribution is 2.27. The maximum absolute atomic E-state index is 12.4. The molecular formula is C16H22N2O2. The Balaban J connectivity index is 1.98. The number of ketones is 1. The summed E-state index contributed by atoms with van der Waals surface area (Å²) in [6.07, 6.45) is 6.22. The van der Waals surface area contributed by atoms with Gasteiger partial charge >= 0.3 is 0 Å². The third-order valence-electron chi connectivity index (χ3n) is 4.13. The Morgan fingerprint density at radius 3 is 2.75 bits per heavy atom. The molecule has 2 rings (SSSR count). The lowest BCUT2D eigenvalue weighted by atomic mass is 9.81. The van der Waals surface area contributed by atoms with Gasteiger partial charge < -0.3 is 5.32 Å². The predicted octanol–water partition coefficient (Wildman–Crippen LogP) is 2.65. The molecule has 0 radical (unpaired) electrons. The fraction of sp³-hybridized carbons (Fsp3) is 0.562. The first-order chi connectivity index (χ1) is 9.61. The summed E-state index contributed by atoms with van der Waals surface area (Å²) in [5.74, 6) is 0.349. The normalized spacial score (nSPS) is 24.2. The van der Waals surface area contributed by atoms with E-state index in [-0.39, 0.29) is 29.6 Å². The van der Waals surface area contributed by atoms with Crippen LogP contribution in [0, 0.1) is 11.8 Å². The van der Waals surface area contributed by atoms with E-state index in [0.717, 1.165) is 12.0 Å². The maximum atomic E-state index is 12.4. The molecule has 3 atom stereocenters. The number of hydrogen-bond donors (Lipinski definition) is 1. The molecule has 1 aromatic rings. The first kappa shape index (κ1) is 14.7. The van der Waals surface area contributed by atoms with Crippen molar-refractivity contribution < 1.29 is 9.59 Å². The second-order valence-corrected chi connectivity index (χ2v) is 5.59. The molecule has 20 heavy (non-hydrogen) atoms. The topological polar surface area (TPSA) is 59.1 Å². The Bertz CT molecular complexity index is 473. The average Bonchev–Trinajstić information content (AvgIpc) is 2.48. The molecule has 0 aliphatic heterocycles. The van der Waals surface area contributed by atoms with Gasteiger partial charge in [0.25, 0.3) is 0 Å². The van der Waals surface area contributed by atoms with E-state index >= 15 is 0 Å². The van der Waals surface area contributed by atoms with Crippen LogP contribution in [-0.2, 0) is 9.59 Å². The van der Waals surface area contributed by atoms with Crippen LogP contribution in [0.4, 0.5) is 0 Å². The lowest BCUT2D eigenvalue weighted by Crippen LogP contribution is -2.37. The average molecular weight is 274 g/mol. The van der Waals surface area contributed by atoms with E-state index in [2.05, 4.69) is 17.2 Å². The van der Waals surface area contributed by atoms with Crippen LogP contribution in [-0.4, -0.2) is 16.7 Å². The van der Waals surface area contributed by atoms with Crippen LogP contribution in [0.15, 0.2) is 24.5 Å². The number of aromatic nitrogens is 1. The van der Waals surface area contributed by atoms with Crippen LogP contribution in [0.5, 0.6) is 0 Å². The number of carbonyl (C=O) groups is 2. The van der Waals surface area contributed by atoms with Crippen molar-refractivity contribution in [2.24, 2.45) is 11.8 Å². The van der Waals surface area contributed by atoms with E-state index in [1.54, 1.807) is 12.4 Å². The van der Waals surface area contributed by atoms with Gasteiger partial charge in [-0.25, -0.2) is 0 Å². The summed E-state index contributed by atoms with van der Waals surface area (Å²) < 4.78 is 0. The number of nitrogens with one attached hydrogen (secondary N) is 1. The minimum Gasteiger partial charge on any atom is -0.349 e. The fourth-order valence-corrected chi connectivity index (χ4v) is 2.78. The highest BCUT2D eigenvalue weighted by molar-refractivity contribution is 5.86. The molecule has 1 aliphatic carbocycles. The molecule has 4 heteroatoms. The molecule has 0 spiro atoms. The fourth-order valence-electron chi connectivity index (χ4n) is 2.78. The molecule has 108 valence electrons. The Kier molecular flexibility index (Phi) is 4.88. The number of carbonyl (C=O) groups excluding carboxylic acids is 2. The summed E-state index contributed by atoms with van der Waals surface area (Å²) in [6.45, 7) is 3.97. The van der Waals surface area contributed by atoms with E-state index in [0.29, 0.717) is 19.3 Å². The molecule has 1 saturated carbocycles. The van der Waals surface area contributed by atoms with Crippen molar-refractivity contribution in [3.05, 3.63) is 30.1 Å². The van der Waals surface area contributed by atoms with Gasteiger partial charge in [-0.1, -0.05) is 13.8 Å². The molecule has 1 aliphatic rings. The third-order valence-corrected chi connectivity index (χ3v) is 4.13. The smallest absolute Gasteiger partial charge is 0.223 e. The maximum Gasteiger partial charge on any atom is 0.223 e. The van der Waals surface area contributed by atoms with Gasteiger partial charge in [0.1, 0.15) is 5.78 Å². The zero-order valence-corrected chi connectivity index (χ0v) is 12.1. The Labute approximate surface area is 120 Å². The minimum atomic E-state index is -0.0291. The van der Waals surface area contributed by atoms with Gasteiger partial charge in [0.2, 0.25) is 5.91 Å². The molecule has 1 aromatic heterocycles. The monoisotopic (exact) mass is 274 g/mol. The molecule has 1 fully saturated rings. The summed E-state index contributed by atoms with van der Waals surface area (Å²) in [4.78, 5) is 27.9. The quantitative estimate of drug-likeness (QED) is 0.918. The molecule has 0 bridgehead atoms. The lowest BCUT2D eigenvalue weighted by Gasteiger charge is -2.27. The first-order valence-electron chi connectivity index (χ1n) is 7.34. The first-order valence-corrected chi connectivity index (χ1v) is 7.34. The van der Waals surface area contributed by atoms with Crippen molar-refractivity contribution in [3.63, 3.8) is 0 Å². The number of Topliss-reactive ketones (excluding diaryl/α,β-unsaturated/α-hetero) is 1. The van der Waals surface area contributed by atoms with Gasteiger partial charge in [-0.2, -0.15) is 0 Å². The highest BCUT2D eigenvalue weighted by Gasteiger charge is 2.30. The van der Waals surface area contributed by atoms with Gasteiger partial charge in [-0.05, 0) is 37.0 Å². The van der Waals surface area contributed by atoms with Crippen LogP contribution >= 0.6 is 0 Å². The summed E-state index contributed by atoms with van der Waals surface area (Å²) in [5.41, 5.74) is 1.08. The van der Waals surface area contributed by atoms with Crippen LogP contribution in [0.1, 0.15) is 51.1 Å². The van der Waals surface area contributed by atoms with Crippen LogP contribution in [0.2, 0.25) is 0 Å². The van der Waals surface area contributed by atoms with Crippen molar-refractivity contribution in [2.75, 3.05) is 0 Å². The summed E-state index contributed by atoms with van der Waals surface area (Å²) in [5, 5.41) is 3.11. The molecule has 0 aromatic carbocycles. The third kappa shape index (κ3) is 3.44. The number of hydrogen-bond acceptors (Lipinski definition) is 3. The lowest BCUT2D eigenvalue weighted by molar-refractivity contribution is -0.131.